The van der Waals surface area contributed by atoms with E-state index in [9.17, 15) is 9.90 Å². The molecule has 2 aromatic heterocycles. The molecule has 0 unspecified atom stereocenters. The predicted molar refractivity (Wildman–Crippen MR) is 73.9 cm³/mol. The van der Waals surface area contributed by atoms with Gasteiger partial charge in [0.15, 0.2) is 0 Å². The lowest BCUT2D eigenvalue weighted by Crippen LogP contribution is -2.04. The molecular formula is C14H13N3O3. The number of hydrogen-bond acceptors (Lipinski definition) is 3. The number of carbonyl (C=O) groups is 1. The van der Waals surface area contributed by atoms with Crippen molar-refractivity contribution in [3.05, 3.63) is 35.7 Å². The zero-order valence-corrected chi connectivity index (χ0v) is 11.0. The van der Waals surface area contributed by atoms with Crippen LogP contribution in [-0.4, -0.2) is 30.9 Å². The molecule has 3 rings (SSSR count). The molecule has 0 aliphatic carbocycles. The highest BCUT2D eigenvalue weighted by molar-refractivity contribution is 5.98. The topological polar surface area (TPSA) is 91.1 Å². The molecule has 6 heteroatoms. The third-order valence-electron chi connectivity index (χ3n) is 3.32. The lowest BCUT2D eigenvalue weighted by molar-refractivity contribution is 0.0685. The fourth-order valence-electron chi connectivity index (χ4n) is 2.43. The maximum Gasteiger partial charge on any atom is 0.354 e. The number of aromatic hydroxyl groups is 1. The Bertz CT molecular complexity index is 830. The Morgan fingerprint density at radius 3 is 2.75 bits per heavy atom. The summed E-state index contributed by atoms with van der Waals surface area (Å²) < 4.78 is 1.33. The highest BCUT2D eigenvalue weighted by Gasteiger charge is 2.18. The first kappa shape index (κ1) is 12.3. The molecule has 0 saturated heterocycles. The summed E-state index contributed by atoms with van der Waals surface area (Å²) in [6.07, 6.45) is 0. The van der Waals surface area contributed by atoms with Gasteiger partial charge in [-0.3, -0.25) is 4.68 Å². The maximum absolute atomic E-state index is 11.1. The van der Waals surface area contributed by atoms with Gasteiger partial charge in [0, 0.05) is 29.2 Å². The third-order valence-corrected chi connectivity index (χ3v) is 3.32. The van der Waals surface area contributed by atoms with E-state index in [-0.39, 0.29) is 11.4 Å². The zero-order valence-electron chi connectivity index (χ0n) is 11.0. The minimum absolute atomic E-state index is 0.119. The van der Waals surface area contributed by atoms with Crippen LogP contribution in [0.1, 0.15) is 16.2 Å². The van der Waals surface area contributed by atoms with Crippen LogP contribution in [-0.2, 0) is 7.05 Å². The van der Waals surface area contributed by atoms with E-state index in [0.29, 0.717) is 5.69 Å². The molecule has 0 aliphatic rings. The molecule has 3 N–H and O–H groups in total. The number of aromatic amines is 1. The van der Waals surface area contributed by atoms with E-state index in [1.54, 1.807) is 25.2 Å². The SMILES string of the molecule is Cc1[nH]c2ccc(O)cc2c1-c1cc(C(=O)O)n(C)n1. The van der Waals surface area contributed by atoms with Gasteiger partial charge in [0.1, 0.15) is 11.4 Å². The van der Waals surface area contributed by atoms with Gasteiger partial charge in [-0.25, -0.2) is 4.79 Å². The van der Waals surface area contributed by atoms with Gasteiger partial charge in [-0.05, 0) is 31.2 Å². The summed E-state index contributed by atoms with van der Waals surface area (Å²) in [7, 11) is 1.59. The molecule has 0 aliphatic heterocycles. The van der Waals surface area contributed by atoms with E-state index >= 15 is 0 Å². The van der Waals surface area contributed by atoms with Crippen LogP contribution in [0.25, 0.3) is 22.2 Å². The first-order valence-electron chi connectivity index (χ1n) is 6.06. The zero-order chi connectivity index (χ0) is 14.4. The highest BCUT2D eigenvalue weighted by Crippen LogP contribution is 2.33. The van der Waals surface area contributed by atoms with Crippen molar-refractivity contribution < 1.29 is 15.0 Å². The maximum atomic E-state index is 11.1. The van der Waals surface area contributed by atoms with Crippen molar-refractivity contribution in [1.29, 1.82) is 0 Å². The number of phenols is 1. The molecule has 0 fully saturated rings. The standard InChI is InChI=1S/C14H13N3O3/c1-7-13(9-5-8(18)3-4-10(9)15-7)11-6-12(14(19)20)17(2)16-11/h3-6,15,18H,1-2H3,(H,19,20). The van der Waals surface area contributed by atoms with Gasteiger partial charge in [0.05, 0.1) is 5.69 Å². The molecule has 0 bridgehead atoms. The van der Waals surface area contributed by atoms with Crippen molar-refractivity contribution in [2.45, 2.75) is 6.92 Å². The second-order valence-electron chi connectivity index (χ2n) is 4.70. The normalized spacial score (nSPS) is 11.1. The van der Waals surface area contributed by atoms with Crippen molar-refractivity contribution in [3.8, 4) is 17.0 Å². The van der Waals surface area contributed by atoms with Crippen molar-refractivity contribution in [3.63, 3.8) is 0 Å². The van der Waals surface area contributed by atoms with Gasteiger partial charge in [-0.15, -0.1) is 0 Å². The molecular weight excluding hydrogens is 258 g/mol. The van der Waals surface area contributed by atoms with Gasteiger partial charge in [-0.1, -0.05) is 0 Å². The van der Waals surface area contributed by atoms with Crippen LogP contribution >= 0.6 is 0 Å². The first-order valence-corrected chi connectivity index (χ1v) is 6.06. The molecule has 0 spiro atoms. The molecule has 102 valence electrons. The van der Waals surface area contributed by atoms with Crippen LogP contribution in [0, 0.1) is 6.92 Å². The van der Waals surface area contributed by atoms with E-state index in [0.717, 1.165) is 22.2 Å². The quantitative estimate of drug-likeness (QED) is 0.666. The van der Waals surface area contributed by atoms with Gasteiger partial charge < -0.3 is 15.2 Å². The monoisotopic (exact) mass is 271 g/mol. The summed E-state index contributed by atoms with van der Waals surface area (Å²) in [5.74, 6) is -0.862. The van der Waals surface area contributed by atoms with Gasteiger partial charge in [0.2, 0.25) is 0 Å². The van der Waals surface area contributed by atoms with Crippen LogP contribution < -0.4 is 0 Å². The van der Waals surface area contributed by atoms with Crippen molar-refractivity contribution >= 4 is 16.9 Å². The Morgan fingerprint density at radius 2 is 2.10 bits per heavy atom. The Labute approximate surface area is 114 Å². The minimum atomic E-state index is -1.02. The molecule has 0 atom stereocenters. The first-order chi connectivity index (χ1) is 9.47. The fourth-order valence-corrected chi connectivity index (χ4v) is 2.43. The second-order valence-corrected chi connectivity index (χ2v) is 4.70. The van der Waals surface area contributed by atoms with Crippen LogP contribution in [0.4, 0.5) is 0 Å². The van der Waals surface area contributed by atoms with Crippen LogP contribution in [0.15, 0.2) is 24.3 Å². The largest absolute Gasteiger partial charge is 0.508 e. The van der Waals surface area contributed by atoms with Crippen LogP contribution in [0.5, 0.6) is 5.75 Å². The summed E-state index contributed by atoms with van der Waals surface area (Å²) in [4.78, 5) is 14.3. The van der Waals surface area contributed by atoms with Crippen LogP contribution in [0.3, 0.4) is 0 Å². The lowest BCUT2D eigenvalue weighted by Gasteiger charge is -1.97. The van der Waals surface area contributed by atoms with Gasteiger partial charge in [-0.2, -0.15) is 5.10 Å². The smallest absolute Gasteiger partial charge is 0.354 e. The highest BCUT2D eigenvalue weighted by atomic mass is 16.4. The van der Waals surface area contributed by atoms with E-state index in [2.05, 4.69) is 10.1 Å². The second kappa shape index (κ2) is 4.12. The Balaban J connectivity index is 2.28. The van der Waals surface area contributed by atoms with Crippen molar-refractivity contribution in [1.82, 2.24) is 14.8 Å². The van der Waals surface area contributed by atoms with Gasteiger partial charge >= 0.3 is 5.97 Å². The third kappa shape index (κ3) is 1.73. The number of carboxylic acid groups (broad SMARTS) is 1. The van der Waals surface area contributed by atoms with Gasteiger partial charge in [0.25, 0.3) is 0 Å². The molecule has 6 nitrogen and oxygen atoms in total. The van der Waals surface area contributed by atoms with E-state index in [1.165, 1.54) is 10.7 Å². The average molecular weight is 271 g/mol. The fraction of sp³-hybridized carbons (Fsp3) is 0.143. The number of nitrogens with zero attached hydrogens (tertiary/aromatic N) is 2. The van der Waals surface area contributed by atoms with Crippen molar-refractivity contribution in [2.75, 3.05) is 0 Å². The summed E-state index contributed by atoms with van der Waals surface area (Å²) in [6, 6.07) is 6.55. The number of phenolic OH excluding ortho intramolecular Hbond substituents is 1. The number of rotatable bonds is 2. The number of aromatic carboxylic acids is 1. The summed E-state index contributed by atoms with van der Waals surface area (Å²) in [5, 5.41) is 23.8. The van der Waals surface area contributed by atoms with E-state index in [4.69, 9.17) is 5.11 Å². The predicted octanol–water partition coefficient (Wildman–Crippen LogP) is 2.28. The number of aryl methyl sites for hydroxylation is 2. The summed E-state index contributed by atoms with van der Waals surface area (Å²) >= 11 is 0. The minimum Gasteiger partial charge on any atom is -0.508 e. The Kier molecular flexibility index (Phi) is 2.53. The molecule has 0 saturated carbocycles. The average Bonchev–Trinajstić information content (AvgIpc) is 2.88. The number of fused-ring (bicyclic) bond motifs is 1. The number of carboxylic acids is 1. The number of aromatic nitrogens is 3. The number of benzene rings is 1. The lowest BCUT2D eigenvalue weighted by atomic mass is 10.1. The summed E-state index contributed by atoms with van der Waals surface area (Å²) in [5.41, 5.74) is 3.24. The van der Waals surface area contributed by atoms with Crippen molar-refractivity contribution in [2.24, 2.45) is 7.05 Å². The Morgan fingerprint density at radius 1 is 1.35 bits per heavy atom. The molecule has 0 radical (unpaired) electrons. The van der Waals surface area contributed by atoms with E-state index in [1.807, 2.05) is 6.92 Å². The molecule has 2 heterocycles. The van der Waals surface area contributed by atoms with E-state index < -0.39 is 5.97 Å². The van der Waals surface area contributed by atoms with Crippen LogP contribution in [0.2, 0.25) is 0 Å². The number of hydrogen-bond donors (Lipinski definition) is 3. The molecule has 20 heavy (non-hydrogen) atoms. The summed E-state index contributed by atoms with van der Waals surface area (Å²) in [6.45, 7) is 1.89. The molecule has 1 aromatic carbocycles. The Hall–Kier alpha value is -2.76. The number of nitrogens with one attached hydrogen (secondary N) is 1. The number of H-pyrrole nitrogens is 1. The molecule has 3 aromatic rings. The molecule has 0 amide bonds.